The lowest BCUT2D eigenvalue weighted by molar-refractivity contribution is 0.530. The zero-order valence-corrected chi connectivity index (χ0v) is 14.3. The summed E-state index contributed by atoms with van der Waals surface area (Å²) in [5.41, 5.74) is 1.04. The van der Waals surface area contributed by atoms with Gasteiger partial charge in [0.2, 0.25) is 10.0 Å². The molecule has 1 aromatic carbocycles. The Morgan fingerprint density at radius 3 is 2.52 bits per heavy atom. The maximum Gasteiger partial charge on any atom is 0.240 e. The van der Waals surface area contributed by atoms with E-state index in [-0.39, 0.29) is 10.3 Å². The van der Waals surface area contributed by atoms with Crippen molar-refractivity contribution in [3.63, 3.8) is 0 Å². The zero-order valence-electron chi connectivity index (χ0n) is 12.7. The number of benzene rings is 1. The number of sulfonamides is 1. The second-order valence-corrected chi connectivity index (χ2v) is 8.60. The highest BCUT2D eigenvalue weighted by atomic mass is 35.5. The summed E-state index contributed by atoms with van der Waals surface area (Å²) < 4.78 is 27.2. The minimum atomic E-state index is -3.48. The van der Waals surface area contributed by atoms with Gasteiger partial charge >= 0.3 is 0 Å². The molecular formula is C15H23ClN2O2S. The van der Waals surface area contributed by atoms with Crippen LogP contribution in [0.4, 0.5) is 0 Å². The minimum Gasteiger partial charge on any atom is -0.310 e. The first kappa shape index (κ1) is 16.7. The third-order valence-corrected chi connectivity index (χ3v) is 5.58. The molecule has 0 spiro atoms. The summed E-state index contributed by atoms with van der Waals surface area (Å²) in [6, 6.07) is 5.26. The van der Waals surface area contributed by atoms with Crippen LogP contribution >= 0.6 is 11.6 Å². The Balaban J connectivity index is 2.07. The van der Waals surface area contributed by atoms with Crippen LogP contribution in [-0.4, -0.2) is 21.0 Å². The second-order valence-electron chi connectivity index (χ2n) is 6.42. The number of nitrogens with one attached hydrogen (secondary N) is 2. The Hall–Kier alpha value is -0.620. The van der Waals surface area contributed by atoms with Crippen molar-refractivity contribution in [2.45, 2.75) is 51.1 Å². The Morgan fingerprint density at radius 2 is 2.00 bits per heavy atom. The van der Waals surface area contributed by atoms with E-state index >= 15 is 0 Å². The normalized spacial score (nSPS) is 17.2. The third-order valence-electron chi connectivity index (χ3n) is 3.83. The molecule has 0 amide bonds. The monoisotopic (exact) mass is 330 g/mol. The summed E-state index contributed by atoms with van der Waals surface area (Å²) in [4.78, 5) is 0.227. The van der Waals surface area contributed by atoms with Crippen molar-refractivity contribution in [2.24, 2.45) is 5.41 Å². The molecule has 6 heteroatoms. The van der Waals surface area contributed by atoms with Gasteiger partial charge in [-0.1, -0.05) is 38.4 Å². The minimum absolute atomic E-state index is 0.137. The highest BCUT2D eigenvalue weighted by Crippen LogP contribution is 2.44. The lowest BCUT2D eigenvalue weighted by Gasteiger charge is -2.13. The van der Waals surface area contributed by atoms with E-state index in [2.05, 4.69) is 30.8 Å². The molecule has 2 rings (SSSR count). The van der Waals surface area contributed by atoms with Gasteiger partial charge < -0.3 is 5.32 Å². The molecule has 1 aliphatic rings. The quantitative estimate of drug-likeness (QED) is 0.808. The Kier molecular flexibility index (Phi) is 4.98. The van der Waals surface area contributed by atoms with Crippen LogP contribution in [0.2, 0.25) is 5.02 Å². The molecule has 0 saturated heterocycles. The number of halogens is 1. The summed E-state index contributed by atoms with van der Waals surface area (Å²) in [5, 5.41) is 3.74. The van der Waals surface area contributed by atoms with Gasteiger partial charge in [-0.05, 0) is 36.0 Å². The summed E-state index contributed by atoms with van der Waals surface area (Å²) in [7, 11) is -3.48. The highest BCUT2D eigenvalue weighted by molar-refractivity contribution is 7.89. The lowest BCUT2D eigenvalue weighted by Crippen LogP contribution is -2.29. The average Bonchev–Trinajstić information content (AvgIpc) is 3.14. The smallest absolute Gasteiger partial charge is 0.240 e. The molecule has 1 aromatic rings. The van der Waals surface area contributed by atoms with Gasteiger partial charge in [-0.15, -0.1) is 0 Å². The molecule has 118 valence electrons. The Labute approximate surface area is 132 Å². The molecule has 21 heavy (non-hydrogen) atoms. The van der Waals surface area contributed by atoms with Crippen molar-refractivity contribution in [3.05, 3.63) is 28.8 Å². The van der Waals surface area contributed by atoms with Crippen molar-refractivity contribution in [3.8, 4) is 0 Å². The predicted molar refractivity (Wildman–Crippen MR) is 86.0 cm³/mol. The van der Waals surface area contributed by atoms with Crippen LogP contribution in [0.5, 0.6) is 0 Å². The van der Waals surface area contributed by atoms with Crippen LogP contribution in [0.3, 0.4) is 0 Å². The van der Waals surface area contributed by atoms with Gasteiger partial charge in [0, 0.05) is 24.2 Å². The van der Waals surface area contributed by atoms with Gasteiger partial charge in [0.1, 0.15) is 0 Å². The van der Waals surface area contributed by atoms with Crippen molar-refractivity contribution in [1.29, 1.82) is 0 Å². The first-order chi connectivity index (χ1) is 9.72. The standard InChI is InChI=1S/C15H23ClN2O2S/c1-11(2)17-9-12-4-5-13(8-14(12)16)21(19,20)18-10-15(3)6-7-15/h4-5,8,11,17-18H,6-7,9-10H2,1-3H3. The van der Waals surface area contributed by atoms with E-state index in [1.165, 1.54) is 6.07 Å². The maximum absolute atomic E-state index is 12.3. The van der Waals surface area contributed by atoms with Crippen molar-refractivity contribution >= 4 is 21.6 Å². The van der Waals surface area contributed by atoms with Gasteiger partial charge in [0.25, 0.3) is 0 Å². The lowest BCUT2D eigenvalue weighted by atomic mass is 10.2. The molecule has 4 nitrogen and oxygen atoms in total. The summed E-state index contributed by atoms with van der Waals surface area (Å²) in [6.07, 6.45) is 2.16. The third kappa shape index (κ3) is 4.68. The molecule has 2 N–H and O–H groups in total. The fraction of sp³-hybridized carbons (Fsp3) is 0.600. The summed E-state index contributed by atoms with van der Waals surface area (Å²) >= 11 is 6.19. The zero-order chi connectivity index (χ0) is 15.7. The van der Waals surface area contributed by atoms with Gasteiger partial charge in [-0.2, -0.15) is 0 Å². The highest BCUT2D eigenvalue weighted by Gasteiger charge is 2.38. The molecular weight excluding hydrogens is 308 g/mol. The van der Waals surface area contributed by atoms with Crippen LogP contribution in [-0.2, 0) is 16.6 Å². The topological polar surface area (TPSA) is 58.2 Å². The van der Waals surface area contributed by atoms with E-state index in [1.54, 1.807) is 12.1 Å². The second kappa shape index (κ2) is 6.24. The molecule has 0 radical (unpaired) electrons. The molecule has 1 aliphatic carbocycles. The van der Waals surface area contributed by atoms with E-state index in [0.29, 0.717) is 24.2 Å². The molecule has 1 fully saturated rings. The van der Waals surface area contributed by atoms with E-state index in [0.717, 1.165) is 18.4 Å². The molecule has 0 aliphatic heterocycles. The molecule has 0 atom stereocenters. The van der Waals surface area contributed by atoms with Crippen LogP contribution in [0, 0.1) is 5.41 Å². The van der Waals surface area contributed by atoms with Crippen LogP contribution in [0.15, 0.2) is 23.1 Å². The van der Waals surface area contributed by atoms with Gasteiger partial charge in [-0.3, -0.25) is 0 Å². The Morgan fingerprint density at radius 1 is 1.33 bits per heavy atom. The largest absolute Gasteiger partial charge is 0.310 e. The first-order valence-corrected chi connectivity index (χ1v) is 9.09. The molecule has 0 heterocycles. The molecule has 0 unspecified atom stereocenters. The number of hydrogen-bond acceptors (Lipinski definition) is 3. The van der Waals surface area contributed by atoms with Crippen molar-refractivity contribution in [2.75, 3.05) is 6.54 Å². The first-order valence-electron chi connectivity index (χ1n) is 7.23. The van der Waals surface area contributed by atoms with Gasteiger partial charge in [-0.25, -0.2) is 13.1 Å². The van der Waals surface area contributed by atoms with Crippen LogP contribution in [0.25, 0.3) is 0 Å². The molecule has 0 aromatic heterocycles. The van der Waals surface area contributed by atoms with E-state index < -0.39 is 10.0 Å². The number of rotatable bonds is 7. The van der Waals surface area contributed by atoms with E-state index in [4.69, 9.17) is 11.6 Å². The van der Waals surface area contributed by atoms with Crippen LogP contribution < -0.4 is 10.0 Å². The SMILES string of the molecule is CC(C)NCc1ccc(S(=O)(=O)NCC2(C)CC2)cc1Cl. The van der Waals surface area contributed by atoms with Crippen molar-refractivity contribution < 1.29 is 8.42 Å². The van der Waals surface area contributed by atoms with E-state index in [9.17, 15) is 8.42 Å². The van der Waals surface area contributed by atoms with E-state index in [1.807, 2.05) is 0 Å². The summed E-state index contributed by atoms with van der Waals surface area (Å²) in [6.45, 7) is 7.30. The fourth-order valence-corrected chi connectivity index (χ4v) is 3.43. The fourth-order valence-electron chi connectivity index (χ4n) is 1.90. The van der Waals surface area contributed by atoms with Crippen molar-refractivity contribution in [1.82, 2.24) is 10.0 Å². The predicted octanol–water partition coefficient (Wildman–Crippen LogP) is 2.92. The summed E-state index contributed by atoms with van der Waals surface area (Å²) in [5.74, 6) is 0. The maximum atomic E-state index is 12.3. The average molecular weight is 331 g/mol. The van der Waals surface area contributed by atoms with Gasteiger partial charge in [0.15, 0.2) is 0 Å². The Bertz CT molecular complexity index is 610. The van der Waals surface area contributed by atoms with Gasteiger partial charge in [0.05, 0.1) is 4.90 Å². The molecule has 1 saturated carbocycles. The van der Waals surface area contributed by atoms with Crippen LogP contribution in [0.1, 0.15) is 39.2 Å². The number of hydrogen-bond donors (Lipinski definition) is 2. The molecule has 0 bridgehead atoms.